The van der Waals surface area contributed by atoms with Gasteiger partial charge in [-0.1, -0.05) is 0 Å². The van der Waals surface area contributed by atoms with Gasteiger partial charge in [-0.2, -0.15) is 0 Å². The lowest BCUT2D eigenvalue weighted by Gasteiger charge is -2.27. The molecule has 1 aromatic heterocycles. The molecule has 9 heteroatoms. The zero-order valence-corrected chi connectivity index (χ0v) is 9.09. The van der Waals surface area contributed by atoms with Crippen molar-refractivity contribution < 1.29 is 4.92 Å². The second-order valence-electron chi connectivity index (χ2n) is 3.53. The van der Waals surface area contributed by atoms with Crippen LogP contribution in [0.2, 0.25) is 0 Å². The van der Waals surface area contributed by atoms with E-state index in [0.717, 1.165) is 13.1 Å². The van der Waals surface area contributed by atoms with Crippen molar-refractivity contribution in [2.75, 3.05) is 36.5 Å². The molecule has 92 valence electrons. The zero-order valence-electron chi connectivity index (χ0n) is 9.09. The van der Waals surface area contributed by atoms with Crippen LogP contribution < -0.4 is 21.5 Å². The van der Waals surface area contributed by atoms with Crippen molar-refractivity contribution in [3.8, 4) is 0 Å². The summed E-state index contributed by atoms with van der Waals surface area (Å²) in [6.45, 7) is 2.88. The Hall–Kier alpha value is -2.00. The third-order valence-corrected chi connectivity index (χ3v) is 2.54. The van der Waals surface area contributed by atoms with Crippen LogP contribution in [0.4, 0.5) is 17.3 Å². The van der Waals surface area contributed by atoms with E-state index in [1.807, 2.05) is 4.90 Å². The van der Waals surface area contributed by atoms with Crippen LogP contribution in [0.3, 0.4) is 0 Å². The summed E-state index contributed by atoms with van der Waals surface area (Å²) in [5, 5.41) is 14.2. The number of rotatable bonds is 3. The van der Waals surface area contributed by atoms with Gasteiger partial charge in [0.1, 0.15) is 6.33 Å². The Morgan fingerprint density at radius 2 is 2.18 bits per heavy atom. The summed E-state index contributed by atoms with van der Waals surface area (Å²) in [6, 6.07) is 0. The van der Waals surface area contributed by atoms with Crippen LogP contribution in [-0.4, -0.2) is 41.1 Å². The van der Waals surface area contributed by atoms with Crippen molar-refractivity contribution >= 4 is 17.3 Å². The molecule has 9 nitrogen and oxygen atoms in total. The van der Waals surface area contributed by atoms with Crippen LogP contribution in [0.5, 0.6) is 0 Å². The maximum Gasteiger partial charge on any atom is 0.354 e. The van der Waals surface area contributed by atoms with Crippen LogP contribution in [-0.2, 0) is 0 Å². The van der Waals surface area contributed by atoms with Gasteiger partial charge in [0.25, 0.3) is 0 Å². The average molecular weight is 239 g/mol. The summed E-state index contributed by atoms with van der Waals surface area (Å²) in [5.74, 6) is 5.54. The van der Waals surface area contributed by atoms with Crippen LogP contribution in [0.15, 0.2) is 6.33 Å². The molecule has 0 amide bonds. The van der Waals surface area contributed by atoms with Gasteiger partial charge in [-0.05, 0) is 0 Å². The fourth-order valence-electron chi connectivity index (χ4n) is 1.75. The highest BCUT2D eigenvalue weighted by atomic mass is 16.6. The van der Waals surface area contributed by atoms with Gasteiger partial charge >= 0.3 is 5.69 Å². The Labute approximate surface area is 97.1 Å². The highest BCUT2D eigenvalue weighted by molar-refractivity contribution is 5.69. The third-order valence-electron chi connectivity index (χ3n) is 2.54. The predicted molar refractivity (Wildman–Crippen MR) is 61.6 cm³/mol. The van der Waals surface area contributed by atoms with Gasteiger partial charge in [-0.15, -0.1) is 0 Å². The first-order chi connectivity index (χ1) is 8.24. The van der Waals surface area contributed by atoms with Gasteiger partial charge < -0.3 is 15.6 Å². The van der Waals surface area contributed by atoms with E-state index < -0.39 is 4.92 Å². The number of piperazine rings is 1. The van der Waals surface area contributed by atoms with Crippen LogP contribution in [0, 0.1) is 10.1 Å². The normalized spacial score (nSPS) is 15.7. The van der Waals surface area contributed by atoms with Crippen molar-refractivity contribution in [1.29, 1.82) is 0 Å². The molecular weight excluding hydrogens is 226 g/mol. The van der Waals surface area contributed by atoms with E-state index in [1.165, 1.54) is 6.33 Å². The summed E-state index contributed by atoms with van der Waals surface area (Å²) >= 11 is 0. The molecule has 1 saturated heterocycles. The Morgan fingerprint density at radius 1 is 1.47 bits per heavy atom. The van der Waals surface area contributed by atoms with E-state index in [2.05, 4.69) is 20.7 Å². The minimum absolute atomic E-state index is 0.0264. The Bertz CT molecular complexity index is 418. The first-order valence-electron chi connectivity index (χ1n) is 5.15. The van der Waals surface area contributed by atoms with Gasteiger partial charge in [0.05, 0.1) is 4.92 Å². The first-order valence-corrected chi connectivity index (χ1v) is 5.15. The SMILES string of the molecule is NNc1ncnc(N2CCNCC2)c1[N+](=O)[O-]. The van der Waals surface area contributed by atoms with E-state index in [0.29, 0.717) is 18.9 Å². The summed E-state index contributed by atoms with van der Waals surface area (Å²) < 4.78 is 0. The molecule has 1 fully saturated rings. The zero-order chi connectivity index (χ0) is 12.3. The number of nitrogen functional groups attached to an aromatic ring is 1. The molecule has 2 heterocycles. The average Bonchev–Trinajstić information content (AvgIpc) is 2.38. The maximum atomic E-state index is 11.0. The number of hydrazine groups is 1. The quantitative estimate of drug-likeness (QED) is 0.351. The second kappa shape index (κ2) is 4.89. The molecule has 4 N–H and O–H groups in total. The molecule has 0 spiro atoms. The molecule has 2 rings (SSSR count). The number of hydrogen-bond acceptors (Lipinski definition) is 8. The van der Waals surface area contributed by atoms with Crippen molar-refractivity contribution in [2.24, 2.45) is 5.84 Å². The molecule has 1 aliphatic rings. The van der Waals surface area contributed by atoms with E-state index in [1.54, 1.807) is 0 Å². The summed E-state index contributed by atoms with van der Waals surface area (Å²) in [6.07, 6.45) is 1.26. The number of aromatic nitrogens is 2. The van der Waals surface area contributed by atoms with Crippen molar-refractivity contribution in [2.45, 2.75) is 0 Å². The Balaban J connectivity index is 2.40. The molecule has 17 heavy (non-hydrogen) atoms. The van der Waals surface area contributed by atoms with Crippen LogP contribution >= 0.6 is 0 Å². The molecule has 0 radical (unpaired) electrons. The van der Waals surface area contributed by atoms with Crippen molar-refractivity contribution in [3.05, 3.63) is 16.4 Å². The molecule has 0 saturated carbocycles. The van der Waals surface area contributed by atoms with Gasteiger partial charge in [0.15, 0.2) is 0 Å². The molecule has 0 bridgehead atoms. The second-order valence-corrected chi connectivity index (χ2v) is 3.53. The van der Waals surface area contributed by atoms with Gasteiger partial charge in [0.2, 0.25) is 11.6 Å². The predicted octanol–water partition coefficient (Wildman–Crippen LogP) is -0.920. The van der Waals surface area contributed by atoms with E-state index >= 15 is 0 Å². The van der Waals surface area contributed by atoms with E-state index in [-0.39, 0.29) is 11.5 Å². The van der Waals surface area contributed by atoms with E-state index in [9.17, 15) is 10.1 Å². The largest absolute Gasteiger partial charge is 0.354 e. The van der Waals surface area contributed by atoms with Gasteiger partial charge in [0, 0.05) is 26.2 Å². The molecule has 0 atom stereocenters. The number of nitrogens with one attached hydrogen (secondary N) is 2. The Morgan fingerprint density at radius 3 is 2.76 bits per heavy atom. The lowest BCUT2D eigenvalue weighted by Crippen LogP contribution is -2.44. The monoisotopic (exact) mass is 239 g/mol. The fraction of sp³-hybridized carbons (Fsp3) is 0.500. The number of nitro groups is 1. The Kier molecular flexibility index (Phi) is 3.30. The molecule has 1 aliphatic heterocycles. The highest BCUT2D eigenvalue weighted by Crippen LogP contribution is 2.30. The minimum Gasteiger partial charge on any atom is -0.348 e. The van der Waals surface area contributed by atoms with Crippen LogP contribution in [0.1, 0.15) is 0 Å². The maximum absolute atomic E-state index is 11.0. The smallest absolute Gasteiger partial charge is 0.348 e. The lowest BCUT2D eigenvalue weighted by molar-refractivity contribution is -0.383. The van der Waals surface area contributed by atoms with Crippen molar-refractivity contribution in [3.63, 3.8) is 0 Å². The number of nitrogens with two attached hydrogens (primary N) is 1. The van der Waals surface area contributed by atoms with Gasteiger partial charge in [-0.25, -0.2) is 15.8 Å². The van der Waals surface area contributed by atoms with E-state index in [4.69, 9.17) is 5.84 Å². The standard InChI is InChI=1S/C8H13N7O2/c9-13-7-6(15(16)17)8(12-5-11-7)14-3-1-10-2-4-14/h5,10H,1-4,9H2,(H,11,12,13). The first kappa shape index (κ1) is 11.5. The summed E-state index contributed by atoms with van der Waals surface area (Å²) in [4.78, 5) is 20.1. The molecular formula is C8H13N7O2. The molecule has 0 aromatic carbocycles. The summed E-state index contributed by atoms with van der Waals surface area (Å²) in [7, 11) is 0. The summed E-state index contributed by atoms with van der Waals surface area (Å²) in [5.41, 5.74) is 2.04. The van der Waals surface area contributed by atoms with Crippen molar-refractivity contribution in [1.82, 2.24) is 15.3 Å². The third kappa shape index (κ3) is 2.24. The minimum atomic E-state index is -0.521. The number of hydrogen-bond donors (Lipinski definition) is 3. The number of nitrogens with zero attached hydrogens (tertiary/aromatic N) is 4. The van der Waals surface area contributed by atoms with Gasteiger partial charge in [-0.3, -0.25) is 10.1 Å². The lowest BCUT2D eigenvalue weighted by atomic mass is 10.3. The molecule has 1 aromatic rings. The number of anilines is 2. The molecule has 0 unspecified atom stereocenters. The topological polar surface area (TPSA) is 122 Å². The fourth-order valence-corrected chi connectivity index (χ4v) is 1.75. The highest BCUT2D eigenvalue weighted by Gasteiger charge is 2.27. The van der Waals surface area contributed by atoms with Crippen LogP contribution in [0.25, 0.3) is 0 Å². The molecule has 0 aliphatic carbocycles.